The van der Waals surface area contributed by atoms with Crippen molar-refractivity contribution in [3.8, 4) is 0 Å². The number of aliphatic carboxylic acids is 1. The van der Waals surface area contributed by atoms with Crippen LogP contribution in [-0.4, -0.2) is 28.6 Å². The normalized spacial score (nSPS) is 29.9. The molecule has 4 heteroatoms. The summed E-state index contributed by atoms with van der Waals surface area (Å²) in [6.45, 7) is 1.60. The van der Waals surface area contributed by atoms with Crippen LogP contribution in [0.4, 0.5) is 0 Å². The van der Waals surface area contributed by atoms with Crippen LogP contribution in [0.25, 0.3) is 0 Å². The molecule has 14 heavy (non-hydrogen) atoms. The van der Waals surface area contributed by atoms with Gasteiger partial charge >= 0.3 is 5.97 Å². The molecule has 0 saturated heterocycles. The first-order valence-electron chi connectivity index (χ1n) is 5.13. The zero-order valence-corrected chi connectivity index (χ0v) is 8.48. The summed E-state index contributed by atoms with van der Waals surface area (Å²) in [6, 6.07) is 0. The molecule has 0 aliphatic heterocycles. The lowest BCUT2D eigenvalue weighted by atomic mass is 9.85. The Morgan fingerprint density at radius 2 is 2.00 bits per heavy atom. The van der Waals surface area contributed by atoms with Gasteiger partial charge in [-0.3, -0.25) is 4.79 Å². The van der Waals surface area contributed by atoms with Gasteiger partial charge in [0.05, 0.1) is 6.10 Å². The summed E-state index contributed by atoms with van der Waals surface area (Å²) in [6.07, 6.45) is 3.18. The summed E-state index contributed by atoms with van der Waals surface area (Å²) in [7, 11) is 0. The molecule has 1 aliphatic carbocycles. The van der Waals surface area contributed by atoms with Gasteiger partial charge < -0.3 is 14.9 Å². The third-order valence-electron chi connectivity index (χ3n) is 2.65. The zero-order chi connectivity index (χ0) is 10.6. The van der Waals surface area contributed by atoms with Gasteiger partial charge in [0.1, 0.15) is 0 Å². The molecule has 1 rings (SSSR count). The fraction of sp³-hybridized carbons (Fsp3) is 0.900. The van der Waals surface area contributed by atoms with Gasteiger partial charge in [-0.2, -0.15) is 0 Å². The summed E-state index contributed by atoms with van der Waals surface area (Å²) in [4.78, 5) is 10.5. The zero-order valence-electron chi connectivity index (χ0n) is 8.48. The maximum absolute atomic E-state index is 10.5. The summed E-state index contributed by atoms with van der Waals surface area (Å²) in [5.41, 5.74) is 0. The van der Waals surface area contributed by atoms with Gasteiger partial charge in [0.2, 0.25) is 0 Å². The van der Waals surface area contributed by atoms with Crippen molar-refractivity contribution < 1.29 is 19.7 Å². The van der Waals surface area contributed by atoms with E-state index in [1.807, 2.05) is 0 Å². The maximum Gasteiger partial charge on any atom is 0.303 e. The van der Waals surface area contributed by atoms with Crippen LogP contribution in [-0.2, 0) is 9.53 Å². The Morgan fingerprint density at radius 3 is 2.43 bits per heavy atom. The van der Waals surface area contributed by atoms with Crippen LogP contribution in [0.5, 0.6) is 0 Å². The molecule has 4 nitrogen and oxygen atoms in total. The van der Waals surface area contributed by atoms with E-state index in [4.69, 9.17) is 14.9 Å². The number of hydrogen-bond acceptors (Lipinski definition) is 3. The topological polar surface area (TPSA) is 66.8 Å². The third kappa shape index (κ3) is 4.07. The predicted molar refractivity (Wildman–Crippen MR) is 50.8 cm³/mol. The average molecular weight is 202 g/mol. The molecule has 1 atom stereocenters. The van der Waals surface area contributed by atoms with E-state index in [1.165, 1.54) is 0 Å². The fourth-order valence-corrected chi connectivity index (χ4v) is 2.00. The number of rotatable bonds is 4. The molecular weight excluding hydrogens is 184 g/mol. The molecule has 2 N–H and O–H groups in total. The second-order valence-electron chi connectivity index (χ2n) is 3.98. The van der Waals surface area contributed by atoms with E-state index in [0.717, 1.165) is 25.7 Å². The Bertz CT molecular complexity index is 183. The summed E-state index contributed by atoms with van der Waals surface area (Å²) < 4.78 is 5.25. The van der Waals surface area contributed by atoms with E-state index in [1.54, 1.807) is 6.92 Å². The van der Waals surface area contributed by atoms with Gasteiger partial charge in [-0.25, -0.2) is 0 Å². The van der Waals surface area contributed by atoms with Crippen LogP contribution in [0, 0.1) is 5.92 Å². The standard InChI is InChI=1S/C10H18O4/c1-7(11)14-9-4-2-8(3-5-9)6-10(12)13/h7-9,11H,2-6H2,1H3,(H,12,13). The van der Waals surface area contributed by atoms with Crippen molar-refractivity contribution in [1.29, 1.82) is 0 Å². The monoisotopic (exact) mass is 202 g/mol. The van der Waals surface area contributed by atoms with Gasteiger partial charge in [-0.1, -0.05) is 0 Å². The molecule has 0 radical (unpaired) electrons. The van der Waals surface area contributed by atoms with Gasteiger partial charge in [0, 0.05) is 6.42 Å². The number of carboxylic acids is 1. The molecule has 1 saturated carbocycles. The Morgan fingerprint density at radius 1 is 1.43 bits per heavy atom. The number of carboxylic acid groups (broad SMARTS) is 1. The Labute approximate surface area is 83.9 Å². The number of aliphatic hydroxyl groups is 1. The van der Waals surface area contributed by atoms with E-state index in [9.17, 15) is 4.79 Å². The molecule has 0 bridgehead atoms. The molecule has 82 valence electrons. The fourth-order valence-electron chi connectivity index (χ4n) is 2.00. The molecule has 0 heterocycles. The number of hydrogen-bond donors (Lipinski definition) is 2. The molecular formula is C10H18O4. The van der Waals surface area contributed by atoms with E-state index in [2.05, 4.69) is 0 Å². The van der Waals surface area contributed by atoms with E-state index in [0.29, 0.717) is 5.92 Å². The maximum atomic E-state index is 10.5. The highest BCUT2D eigenvalue weighted by molar-refractivity contribution is 5.67. The van der Waals surface area contributed by atoms with Crippen LogP contribution < -0.4 is 0 Å². The molecule has 0 aromatic carbocycles. The summed E-state index contributed by atoms with van der Waals surface area (Å²) in [5, 5.41) is 17.6. The molecule has 0 aromatic rings. The highest BCUT2D eigenvalue weighted by Gasteiger charge is 2.23. The van der Waals surface area contributed by atoms with Gasteiger partial charge in [-0.15, -0.1) is 0 Å². The second kappa shape index (κ2) is 5.32. The molecule has 1 aliphatic rings. The van der Waals surface area contributed by atoms with Crippen molar-refractivity contribution >= 4 is 5.97 Å². The Kier molecular flexibility index (Phi) is 4.35. The van der Waals surface area contributed by atoms with Crippen LogP contribution in [0.15, 0.2) is 0 Å². The quantitative estimate of drug-likeness (QED) is 0.676. The SMILES string of the molecule is CC(O)OC1CCC(CC(=O)O)CC1. The molecule has 0 spiro atoms. The minimum absolute atomic E-state index is 0.111. The second-order valence-corrected chi connectivity index (χ2v) is 3.98. The minimum atomic E-state index is -0.718. The van der Waals surface area contributed by atoms with Crippen molar-refractivity contribution in [2.75, 3.05) is 0 Å². The highest BCUT2D eigenvalue weighted by Crippen LogP contribution is 2.28. The van der Waals surface area contributed by atoms with Gasteiger partial charge in [0.15, 0.2) is 6.29 Å². The number of carbonyl (C=O) groups is 1. The molecule has 0 amide bonds. The average Bonchev–Trinajstić information content (AvgIpc) is 2.06. The number of ether oxygens (including phenoxy) is 1. The van der Waals surface area contributed by atoms with Crippen molar-refractivity contribution in [2.45, 2.75) is 51.4 Å². The van der Waals surface area contributed by atoms with Crippen molar-refractivity contribution in [3.05, 3.63) is 0 Å². The van der Waals surface area contributed by atoms with E-state index < -0.39 is 12.3 Å². The number of aliphatic hydroxyl groups excluding tert-OH is 1. The van der Waals surface area contributed by atoms with Crippen LogP contribution in [0.1, 0.15) is 39.0 Å². The smallest absolute Gasteiger partial charge is 0.303 e. The summed E-state index contributed by atoms with van der Waals surface area (Å²) in [5.74, 6) is -0.425. The van der Waals surface area contributed by atoms with Crippen molar-refractivity contribution in [1.82, 2.24) is 0 Å². The lowest BCUT2D eigenvalue weighted by molar-refractivity contribution is -0.143. The van der Waals surface area contributed by atoms with Gasteiger partial charge in [-0.05, 0) is 38.5 Å². The largest absolute Gasteiger partial charge is 0.481 e. The minimum Gasteiger partial charge on any atom is -0.481 e. The first-order chi connectivity index (χ1) is 6.58. The third-order valence-corrected chi connectivity index (χ3v) is 2.65. The predicted octanol–water partition coefficient (Wildman–Crippen LogP) is 1.37. The van der Waals surface area contributed by atoms with Crippen molar-refractivity contribution in [2.24, 2.45) is 5.92 Å². The Balaban J connectivity index is 2.21. The molecule has 1 fully saturated rings. The van der Waals surface area contributed by atoms with Crippen LogP contribution in [0.3, 0.4) is 0 Å². The van der Waals surface area contributed by atoms with E-state index >= 15 is 0 Å². The lowest BCUT2D eigenvalue weighted by Crippen LogP contribution is -2.26. The highest BCUT2D eigenvalue weighted by atomic mass is 16.6. The molecule has 1 unspecified atom stereocenters. The van der Waals surface area contributed by atoms with E-state index in [-0.39, 0.29) is 12.5 Å². The summed E-state index contributed by atoms with van der Waals surface area (Å²) >= 11 is 0. The lowest BCUT2D eigenvalue weighted by Gasteiger charge is -2.28. The van der Waals surface area contributed by atoms with Crippen LogP contribution in [0.2, 0.25) is 0 Å². The first kappa shape index (κ1) is 11.5. The first-order valence-corrected chi connectivity index (χ1v) is 5.13. The Hall–Kier alpha value is -0.610. The van der Waals surface area contributed by atoms with Crippen molar-refractivity contribution in [3.63, 3.8) is 0 Å². The van der Waals surface area contributed by atoms with Gasteiger partial charge in [0.25, 0.3) is 0 Å². The molecule has 0 aromatic heterocycles. The van der Waals surface area contributed by atoms with Crippen LogP contribution >= 0.6 is 0 Å².